The van der Waals surface area contributed by atoms with Crippen LogP contribution in [0.4, 0.5) is 11.4 Å². The third-order valence-corrected chi connectivity index (χ3v) is 6.76. The molecule has 2 aromatic carbocycles. The van der Waals surface area contributed by atoms with Gasteiger partial charge in [0.2, 0.25) is 5.91 Å². The van der Waals surface area contributed by atoms with Gasteiger partial charge >= 0.3 is 0 Å². The summed E-state index contributed by atoms with van der Waals surface area (Å²) in [5.74, 6) is -0.601. The Hall–Kier alpha value is -4.12. The van der Waals surface area contributed by atoms with E-state index in [1.807, 2.05) is 13.0 Å². The van der Waals surface area contributed by atoms with Crippen molar-refractivity contribution in [3.8, 4) is 11.5 Å². The van der Waals surface area contributed by atoms with Crippen LogP contribution >= 0.6 is 11.5 Å². The van der Waals surface area contributed by atoms with E-state index in [1.165, 1.54) is 19.1 Å². The van der Waals surface area contributed by atoms with Crippen molar-refractivity contribution in [2.24, 2.45) is 11.7 Å². The molecule has 0 aliphatic heterocycles. The second kappa shape index (κ2) is 12.4. The lowest BCUT2D eigenvalue weighted by molar-refractivity contribution is -0.122. The fourth-order valence-corrected chi connectivity index (χ4v) is 4.66. The number of nitrogen functional groups attached to an aromatic ring is 1. The van der Waals surface area contributed by atoms with Crippen molar-refractivity contribution in [1.82, 2.24) is 9.69 Å². The van der Waals surface area contributed by atoms with Gasteiger partial charge in [0.1, 0.15) is 10.9 Å². The lowest BCUT2D eigenvalue weighted by Gasteiger charge is -2.32. The Bertz CT molecular complexity index is 1320. The molecule has 0 saturated carbocycles. The molecular weight excluding hydrogens is 506 g/mol. The van der Waals surface area contributed by atoms with E-state index >= 15 is 0 Å². The van der Waals surface area contributed by atoms with Gasteiger partial charge in [0.25, 0.3) is 11.8 Å². The number of hydrogen-bond donors (Lipinski definition) is 3. The van der Waals surface area contributed by atoms with E-state index in [-0.39, 0.29) is 16.3 Å². The van der Waals surface area contributed by atoms with Crippen LogP contribution in [0.3, 0.4) is 0 Å². The van der Waals surface area contributed by atoms with Crippen LogP contribution in [-0.4, -0.2) is 42.9 Å². The summed E-state index contributed by atoms with van der Waals surface area (Å²) in [6.45, 7) is 6.42. The first-order valence-electron chi connectivity index (χ1n) is 12.0. The van der Waals surface area contributed by atoms with E-state index in [1.54, 1.807) is 36.4 Å². The number of nitrogens with two attached hydrogens (primary N) is 2. The second-order valence-electron chi connectivity index (χ2n) is 9.14. The maximum atomic E-state index is 14.1. The topological polar surface area (TPSA) is 150 Å². The average Bonchev–Trinajstić information content (AvgIpc) is 3.27. The minimum absolute atomic E-state index is 0.000707. The van der Waals surface area contributed by atoms with Gasteiger partial charge in [-0.15, -0.1) is 0 Å². The Morgan fingerprint density at radius 2 is 1.79 bits per heavy atom. The van der Waals surface area contributed by atoms with Crippen LogP contribution < -0.4 is 31.2 Å². The van der Waals surface area contributed by atoms with E-state index in [2.05, 4.69) is 23.5 Å². The smallest absolute Gasteiger partial charge is 0.273 e. The van der Waals surface area contributed by atoms with Crippen LogP contribution in [0, 0.1) is 12.8 Å². The molecule has 0 saturated heterocycles. The molecule has 5 N–H and O–H groups in total. The number of nitrogens with zero attached hydrogens (tertiary/aromatic N) is 2. The standard InChI is InChI=1S/C27H33N5O5S/c1-15(2)11-12-30-26(34)23(17-9-10-19(36-4)20(14-17)37-5)32(18-8-6-7-16(3)13-18)27(35)24-21(28)22(25(29)33)31-38-24/h6-10,13-15,23H,11-12,28H2,1-5H3,(H2,29,33)(H,30,34)/t23-/m1/s1. The van der Waals surface area contributed by atoms with Gasteiger partial charge in [-0.25, -0.2) is 0 Å². The highest BCUT2D eigenvalue weighted by Gasteiger charge is 2.36. The molecule has 3 aromatic rings. The summed E-state index contributed by atoms with van der Waals surface area (Å²) < 4.78 is 14.8. The van der Waals surface area contributed by atoms with Crippen LogP contribution in [0.2, 0.25) is 0 Å². The summed E-state index contributed by atoms with van der Waals surface area (Å²) in [5.41, 5.74) is 13.0. The highest BCUT2D eigenvalue weighted by atomic mass is 32.1. The van der Waals surface area contributed by atoms with Crippen molar-refractivity contribution < 1.29 is 23.9 Å². The fraction of sp³-hybridized carbons (Fsp3) is 0.333. The van der Waals surface area contributed by atoms with Gasteiger partial charge in [0.05, 0.1) is 19.9 Å². The Morgan fingerprint density at radius 3 is 2.37 bits per heavy atom. The number of ether oxygens (including phenoxy) is 2. The first-order chi connectivity index (χ1) is 18.1. The molecule has 0 bridgehead atoms. The predicted molar refractivity (Wildman–Crippen MR) is 148 cm³/mol. The summed E-state index contributed by atoms with van der Waals surface area (Å²) in [7, 11) is 3.01. The van der Waals surface area contributed by atoms with E-state index < -0.39 is 23.8 Å². The molecule has 0 aliphatic carbocycles. The summed E-state index contributed by atoms with van der Waals surface area (Å²) in [4.78, 5) is 41.1. The summed E-state index contributed by atoms with van der Waals surface area (Å²) in [6, 6.07) is 11.1. The number of aromatic nitrogens is 1. The third-order valence-electron chi connectivity index (χ3n) is 5.91. The number of amides is 3. The van der Waals surface area contributed by atoms with Gasteiger partial charge in [0, 0.05) is 12.2 Å². The zero-order chi connectivity index (χ0) is 28.0. The van der Waals surface area contributed by atoms with E-state index in [0.717, 1.165) is 23.5 Å². The highest BCUT2D eigenvalue weighted by molar-refractivity contribution is 7.09. The van der Waals surface area contributed by atoms with Crippen LogP contribution in [0.5, 0.6) is 11.5 Å². The van der Waals surface area contributed by atoms with Crippen LogP contribution in [0.15, 0.2) is 42.5 Å². The molecule has 1 aromatic heterocycles. The lowest BCUT2D eigenvalue weighted by Crippen LogP contribution is -2.44. The van der Waals surface area contributed by atoms with Gasteiger partial charge in [-0.3, -0.25) is 19.3 Å². The number of anilines is 2. The molecule has 3 rings (SSSR count). The van der Waals surface area contributed by atoms with Crippen molar-refractivity contribution >= 4 is 40.6 Å². The maximum Gasteiger partial charge on any atom is 0.273 e. The van der Waals surface area contributed by atoms with Gasteiger partial charge in [-0.05, 0) is 66.2 Å². The number of carbonyl (C=O) groups excluding carboxylic acids is 3. The quantitative estimate of drug-likeness (QED) is 0.336. The largest absolute Gasteiger partial charge is 0.493 e. The Labute approximate surface area is 226 Å². The monoisotopic (exact) mass is 539 g/mol. The van der Waals surface area contributed by atoms with Gasteiger partial charge in [-0.1, -0.05) is 32.0 Å². The van der Waals surface area contributed by atoms with Crippen molar-refractivity contribution in [1.29, 1.82) is 0 Å². The Morgan fingerprint density at radius 1 is 1.08 bits per heavy atom. The predicted octanol–water partition coefficient (Wildman–Crippen LogP) is 3.70. The summed E-state index contributed by atoms with van der Waals surface area (Å²) in [6.07, 6.45) is 0.756. The lowest BCUT2D eigenvalue weighted by atomic mass is 10.0. The number of aryl methyl sites for hydroxylation is 1. The first kappa shape index (κ1) is 28.5. The molecule has 202 valence electrons. The number of primary amides is 1. The molecule has 38 heavy (non-hydrogen) atoms. The molecule has 0 unspecified atom stereocenters. The molecule has 0 aliphatic rings. The van der Waals surface area contributed by atoms with Crippen LogP contribution in [-0.2, 0) is 4.79 Å². The molecular formula is C27H33N5O5S. The molecule has 11 heteroatoms. The maximum absolute atomic E-state index is 14.1. The third kappa shape index (κ3) is 6.23. The zero-order valence-corrected chi connectivity index (χ0v) is 22.9. The molecule has 0 spiro atoms. The number of carbonyl (C=O) groups is 3. The van der Waals surface area contributed by atoms with E-state index in [9.17, 15) is 14.4 Å². The number of hydrogen-bond acceptors (Lipinski definition) is 8. The van der Waals surface area contributed by atoms with Crippen molar-refractivity contribution in [2.45, 2.75) is 33.2 Å². The molecule has 10 nitrogen and oxygen atoms in total. The second-order valence-corrected chi connectivity index (χ2v) is 9.92. The van der Waals surface area contributed by atoms with E-state index in [4.69, 9.17) is 20.9 Å². The van der Waals surface area contributed by atoms with Crippen molar-refractivity contribution in [3.05, 3.63) is 64.2 Å². The molecule has 0 radical (unpaired) electrons. The Balaban J connectivity index is 2.22. The van der Waals surface area contributed by atoms with Crippen LogP contribution in [0.25, 0.3) is 0 Å². The average molecular weight is 540 g/mol. The normalized spacial score (nSPS) is 11.6. The van der Waals surface area contributed by atoms with Crippen LogP contribution in [0.1, 0.15) is 57.6 Å². The summed E-state index contributed by atoms with van der Waals surface area (Å²) >= 11 is 0.756. The summed E-state index contributed by atoms with van der Waals surface area (Å²) in [5, 5.41) is 2.97. The highest BCUT2D eigenvalue weighted by Crippen LogP contribution is 2.37. The molecule has 1 heterocycles. The minimum atomic E-state index is -1.12. The van der Waals surface area contributed by atoms with Gasteiger partial charge in [-0.2, -0.15) is 4.37 Å². The minimum Gasteiger partial charge on any atom is -0.493 e. The fourth-order valence-electron chi connectivity index (χ4n) is 3.92. The molecule has 0 fully saturated rings. The van der Waals surface area contributed by atoms with Crippen molar-refractivity contribution in [2.75, 3.05) is 31.4 Å². The number of rotatable bonds is 11. The number of methoxy groups -OCH3 is 2. The first-order valence-corrected chi connectivity index (χ1v) is 12.8. The zero-order valence-electron chi connectivity index (χ0n) is 22.1. The van der Waals surface area contributed by atoms with E-state index in [0.29, 0.717) is 35.2 Å². The number of benzene rings is 2. The SMILES string of the molecule is COc1ccc([C@H](C(=O)NCCC(C)C)N(C(=O)c2snc(C(N)=O)c2N)c2cccc(C)c2)cc1OC. The van der Waals surface area contributed by atoms with Crippen molar-refractivity contribution in [3.63, 3.8) is 0 Å². The van der Waals surface area contributed by atoms with Gasteiger partial charge in [0.15, 0.2) is 17.2 Å². The molecule has 3 amide bonds. The molecule has 1 atom stereocenters. The number of nitrogens with one attached hydrogen (secondary N) is 1. The Kier molecular flexibility index (Phi) is 9.30. The van der Waals surface area contributed by atoms with Gasteiger partial charge < -0.3 is 26.3 Å².